The van der Waals surface area contributed by atoms with E-state index in [4.69, 9.17) is 4.74 Å². The number of carbonyl (C=O) groups is 1. The molecule has 1 aliphatic rings. The molecule has 0 saturated carbocycles. The van der Waals surface area contributed by atoms with Gasteiger partial charge < -0.3 is 15.0 Å². The van der Waals surface area contributed by atoms with Crippen LogP contribution in [0.4, 0.5) is 5.95 Å². The van der Waals surface area contributed by atoms with Crippen LogP contribution in [0.25, 0.3) is 0 Å². The number of aromatic nitrogens is 2. The van der Waals surface area contributed by atoms with Crippen molar-refractivity contribution in [1.82, 2.24) is 15.3 Å². The van der Waals surface area contributed by atoms with Crippen molar-refractivity contribution in [1.29, 1.82) is 0 Å². The van der Waals surface area contributed by atoms with Gasteiger partial charge in [-0.2, -0.15) is 0 Å². The molecule has 0 bridgehead atoms. The maximum atomic E-state index is 12.6. The second-order valence-corrected chi connectivity index (χ2v) is 7.30. The van der Waals surface area contributed by atoms with Crippen molar-refractivity contribution in [2.24, 2.45) is 0 Å². The highest BCUT2D eigenvalue weighted by Gasteiger charge is 2.24. The predicted octanol–water partition coefficient (Wildman–Crippen LogP) is 3.54. The first-order valence-electron chi connectivity index (χ1n) is 10.1. The van der Waals surface area contributed by atoms with E-state index in [1.165, 1.54) is 6.42 Å². The van der Waals surface area contributed by atoms with Gasteiger partial charge in [0, 0.05) is 24.8 Å². The predicted molar refractivity (Wildman–Crippen MR) is 111 cm³/mol. The van der Waals surface area contributed by atoms with E-state index < -0.39 is 0 Å². The average molecular weight is 383 g/mol. The Balaban J connectivity index is 1.63. The topological polar surface area (TPSA) is 67.4 Å². The number of piperidine rings is 1. The van der Waals surface area contributed by atoms with Gasteiger partial charge in [-0.05, 0) is 62.8 Å². The van der Waals surface area contributed by atoms with Crippen LogP contribution >= 0.6 is 0 Å². The van der Waals surface area contributed by atoms with Gasteiger partial charge >= 0.3 is 0 Å². The molecule has 1 atom stereocenters. The van der Waals surface area contributed by atoms with Crippen LogP contribution in [0.3, 0.4) is 0 Å². The number of hydrogen-bond acceptors (Lipinski definition) is 5. The minimum atomic E-state index is -0.148. The van der Waals surface area contributed by atoms with Gasteiger partial charge in [0.15, 0.2) is 0 Å². The maximum Gasteiger partial charge on any atom is 0.270 e. The quantitative estimate of drug-likeness (QED) is 0.793. The second kappa shape index (κ2) is 9.53. The second-order valence-electron chi connectivity index (χ2n) is 7.30. The minimum Gasteiger partial charge on any atom is -0.497 e. The molecule has 6 nitrogen and oxygen atoms in total. The molecule has 1 aliphatic heterocycles. The van der Waals surface area contributed by atoms with E-state index in [1.807, 2.05) is 31.2 Å². The van der Waals surface area contributed by atoms with E-state index in [0.717, 1.165) is 49.2 Å². The van der Waals surface area contributed by atoms with Gasteiger partial charge in [-0.15, -0.1) is 0 Å². The molecule has 2 heterocycles. The molecule has 0 aliphatic carbocycles. The molecule has 1 N–H and O–H groups in total. The summed E-state index contributed by atoms with van der Waals surface area (Å²) in [7, 11) is 1.65. The lowest BCUT2D eigenvalue weighted by atomic mass is 10.0. The number of hydrogen-bond donors (Lipinski definition) is 1. The molecule has 0 spiro atoms. The van der Waals surface area contributed by atoms with Gasteiger partial charge in [0.25, 0.3) is 5.91 Å². The van der Waals surface area contributed by atoms with Crippen LogP contribution < -0.4 is 15.0 Å². The first-order valence-corrected chi connectivity index (χ1v) is 10.1. The summed E-state index contributed by atoms with van der Waals surface area (Å²) in [4.78, 5) is 24.1. The summed E-state index contributed by atoms with van der Waals surface area (Å²) in [6.45, 7) is 5.64. The van der Waals surface area contributed by atoms with Crippen LogP contribution in [-0.2, 0) is 6.42 Å². The highest BCUT2D eigenvalue weighted by molar-refractivity contribution is 5.92. The fourth-order valence-electron chi connectivity index (χ4n) is 3.69. The Bertz CT molecular complexity index is 792. The molecule has 1 fully saturated rings. The van der Waals surface area contributed by atoms with Crippen molar-refractivity contribution in [2.75, 3.05) is 25.1 Å². The number of methoxy groups -OCH3 is 1. The molecule has 1 aromatic carbocycles. The zero-order valence-electron chi connectivity index (χ0n) is 17.1. The number of carbonyl (C=O) groups excluding carboxylic acids is 1. The van der Waals surface area contributed by atoms with Crippen LogP contribution in [0.5, 0.6) is 5.75 Å². The molecule has 1 amide bonds. The molecule has 28 heavy (non-hydrogen) atoms. The summed E-state index contributed by atoms with van der Waals surface area (Å²) < 4.78 is 5.17. The molecule has 150 valence electrons. The van der Waals surface area contributed by atoms with Crippen molar-refractivity contribution >= 4 is 11.9 Å². The van der Waals surface area contributed by atoms with Crippen molar-refractivity contribution in [2.45, 2.75) is 52.0 Å². The van der Waals surface area contributed by atoms with Crippen molar-refractivity contribution in [3.63, 3.8) is 0 Å². The van der Waals surface area contributed by atoms with Gasteiger partial charge in [-0.3, -0.25) is 4.79 Å². The van der Waals surface area contributed by atoms with Gasteiger partial charge in [0.05, 0.1) is 7.11 Å². The Morgan fingerprint density at radius 1 is 1.25 bits per heavy atom. The standard InChI is InChI=1S/C22H30N4O2/c1-4-18-7-5-6-14-26(18)22-24-16(2)15-20(25-22)21(27)23-13-12-17-8-10-19(28-3)11-9-17/h8-11,15,18H,4-7,12-14H2,1-3H3,(H,23,27). The summed E-state index contributed by atoms with van der Waals surface area (Å²) in [5.74, 6) is 1.37. The van der Waals surface area contributed by atoms with Crippen LogP contribution in [0.2, 0.25) is 0 Å². The van der Waals surface area contributed by atoms with E-state index >= 15 is 0 Å². The molecule has 1 saturated heterocycles. The molecule has 1 unspecified atom stereocenters. The van der Waals surface area contributed by atoms with E-state index in [-0.39, 0.29) is 5.91 Å². The highest BCUT2D eigenvalue weighted by atomic mass is 16.5. The Morgan fingerprint density at radius 2 is 2.04 bits per heavy atom. The monoisotopic (exact) mass is 382 g/mol. The summed E-state index contributed by atoms with van der Waals surface area (Å²) in [5, 5.41) is 2.98. The van der Waals surface area contributed by atoms with Crippen molar-refractivity contribution in [3.05, 3.63) is 47.3 Å². The summed E-state index contributed by atoms with van der Waals surface area (Å²) in [5.41, 5.74) is 2.42. The largest absolute Gasteiger partial charge is 0.497 e. The third-order valence-electron chi connectivity index (χ3n) is 5.29. The summed E-state index contributed by atoms with van der Waals surface area (Å²) >= 11 is 0. The number of aryl methyl sites for hydroxylation is 1. The van der Waals surface area contributed by atoms with Gasteiger partial charge in [0.2, 0.25) is 5.95 Å². The lowest BCUT2D eigenvalue weighted by Crippen LogP contribution is -2.40. The van der Waals surface area contributed by atoms with Crippen LogP contribution in [0.15, 0.2) is 30.3 Å². The number of nitrogens with one attached hydrogen (secondary N) is 1. The Labute approximate surface area is 167 Å². The molecule has 2 aromatic rings. The molecular formula is C22H30N4O2. The molecule has 0 radical (unpaired) electrons. The van der Waals surface area contributed by atoms with E-state index in [9.17, 15) is 4.79 Å². The number of anilines is 1. The van der Waals surface area contributed by atoms with Crippen LogP contribution in [0.1, 0.15) is 54.4 Å². The summed E-state index contributed by atoms with van der Waals surface area (Å²) in [6, 6.07) is 10.1. The first-order chi connectivity index (χ1) is 13.6. The van der Waals surface area contributed by atoms with E-state index in [2.05, 4.69) is 27.1 Å². The zero-order chi connectivity index (χ0) is 19.9. The fraction of sp³-hybridized carbons (Fsp3) is 0.500. The van der Waals surface area contributed by atoms with Crippen molar-refractivity contribution in [3.8, 4) is 5.75 Å². The SMILES string of the molecule is CCC1CCCCN1c1nc(C)cc(C(=O)NCCc2ccc(OC)cc2)n1. The number of rotatable bonds is 7. The van der Waals surface area contributed by atoms with Crippen molar-refractivity contribution < 1.29 is 9.53 Å². The molecular weight excluding hydrogens is 352 g/mol. The fourth-order valence-corrected chi connectivity index (χ4v) is 3.69. The van der Waals surface area contributed by atoms with Gasteiger partial charge in [-0.1, -0.05) is 19.1 Å². The molecule has 6 heteroatoms. The number of nitrogens with zero attached hydrogens (tertiary/aromatic N) is 3. The lowest BCUT2D eigenvalue weighted by molar-refractivity contribution is 0.0949. The smallest absolute Gasteiger partial charge is 0.270 e. The number of ether oxygens (including phenoxy) is 1. The number of benzene rings is 1. The molecule has 1 aromatic heterocycles. The molecule has 3 rings (SSSR count). The Morgan fingerprint density at radius 3 is 2.75 bits per heavy atom. The zero-order valence-corrected chi connectivity index (χ0v) is 17.1. The Kier molecular flexibility index (Phi) is 6.85. The van der Waals surface area contributed by atoms with Crippen LogP contribution in [-0.4, -0.2) is 42.1 Å². The van der Waals surface area contributed by atoms with Crippen LogP contribution in [0, 0.1) is 6.92 Å². The van der Waals surface area contributed by atoms with E-state index in [1.54, 1.807) is 13.2 Å². The lowest BCUT2D eigenvalue weighted by Gasteiger charge is -2.35. The number of amides is 1. The van der Waals surface area contributed by atoms with E-state index in [0.29, 0.717) is 24.2 Å². The average Bonchev–Trinajstić information content (AvgIpc) is 2.73. The van der Waals surface area contributed by atoms with Gasteiger partial charge in [0.1, 0.15) is 11.4 Å². The van der Waals surface area contributed by atoms with Gasteiger partial charge in [-0.25, -0.2) is 9.97 Å². The third kappa shape index (κ3) is 5.00. The summed E-state index contributed by atoms with van der Waals surface area (Å²) in [6.07, 6.45) is 5.39. The Hall–Kier alpha value is -2.63. The normalized spacial score (nSPS) is 16.7. The minimum absolute atomic E-state index is 0.148. The maximum absolute atomic E-state index is 12.6. The first kappa shape index (κ1) is 20.1. The third-order valence-corrected chi connectivity index (χ3v) is 5.29. The highest BCUT2D eigenvalue weighted by Crippen LogP contribution is 2.24.